The largest absolute Gasteiger partial charge is 0.352 e. The number of thiophene rings is 1. The second kappa shape index (κ2) is 10.1. The lowest BCUT2D eigenvalue weighted by atomic mass is 10.1. The number of nitrogens with zero attached hydrogens (tertiary/aromatic N) is 1. The summed E-state index contributed by atoms with van der Waals surface area (Å²) in [4.78, 5) is 24.9. The Morgan fingerprint density at radius 2 is 1.79 bits per heavy atom. The molecular formula is C24H22ClN3O4S2. The van der Waals surface area contributed by atoms with Crippen LogP contribution in [-0.4, -0.2) is 31.1 Å². The van der Waals surface area contributed by atoms with Crippen molar-refractivity contribution in [3.63, 3.8) is 0 Å². The van der Waals surface area contributed by atoms with E-state index in [4.69, 9.17) is 11.6 Å². The Morgan fingerprint density at radius 3 is 2.44 bits per heavy atom. The first kappa shape index (κ1) is 24.2. The number of benzene rings is 2. The molecular weight excluding hydrogens is 494 g/mol. The van der Waals surface area contributed by atoms with Gasteiger partial charge in [0.1, 0.15) is 0 Å². The minimum absolute atomic E-state index is 0.126. The third-order valence-corrected chi connectivity index (χ3v) is 8.50. The predicted octanol–water partition coefficient (Wildman–Crippen LogP) is 4.20. The van der Waals surface area contributed by atoms with Crippen LogP contribution < -0.4 is 10.6 Å². The van der Waals surface area contributed by atoms with Crippen LogP contribution in [0.5, 0.6) is 0 Å². The summed E-state index contributed by atoms with van der Waals surface area (Å²) in [6.45, 7) is 4.33. The highest BCUT2D eigenvalue weighted by Crippen LogP contribution is 2.36. The maximum atomic E-state index is 13.1. The van der Waals surface area contributed by atoms with E-state index in [1.54, 1.807) is 18.2 Å². The minimum Gasteiger partial charge on any atom is -0.352 e. The Morgan fingerprint density at radius 1 is 1.09 bits per heavy atom. The molecule has 0 aliphatic carbocycles. The van der Waals surface area contributed by atoms with Crippen molar-refractivity contribution in [3.05, 3.63) is 93.8 Å². The maximum absolute atomic E-state index is 13.1. The second-order valence-corrected chi connectivity index (χ2v) is 11.2. The summed E-state index contributed by atoms with van der Waals surface area (Å²) in [5.74, 6) is -0.575. The zero-order valence-electron chi connectivity index (χ0n) is 18.1. The van der Waals surface area contributed by atoms with Gasteiger partial charge in [0.05, 0.1) is 9.90 Å². The lowest BCUT2D eigenvalue weighted by molar-refractivity contribution is -0.111. The highest BCUT2D eigenvalue weighted by atomic mass is 35.5. The van der Waals surface area contributed by atoms with E-state index >= 15 is 0 Å². The fraction of sp³-hybridized carbons (Fsp3) is 0.167. The zero-order chi connectivity index (χ0) is 24.3. The SMILES string of the molecule is C=CC(=O)Nc1cc2c(s1)CN(S(=O)(=O)c1ccc(C(=O)NCCc3ccc(Cl)cc3)cc1)C2. The summed E-state index contributed by atoms with van der Waals surface area (Å²) in [5.41, 5.74) is 2.31. The van der Waals surface area contributed by atoms with Crippen molar-refractivity contribution in [1.29, 1.82) is 0 Å². The van der Waals surface area contributed by atoms with Crippen molar-refractivity contribution in [1.82, 2.24) is 9.62 Å². The topological polar surface area (TPSA) is 95.6 Å². The fourth-order valence-corrected chi connectivity index (χ4v) is 6.23. The molecule has 2 heterocycles. The van der Waals surface area contributed by atoms with E-state index in [-0.39, 0.29) is 29.8 Å². The highest BCUT2D eigenvalue weighted by Gasteiger charge is 2.32. The van der Waals surface area contributed by atoms with Crippen molar-refractivity contribution in [2.45, 2.75) is 24.4 Å². The number of sulfonamides is 1. The molecule has 3 aromatic rings. The lowest BCUT2D eigenvalue weighted by Crippen LogP contribution is -2.27. The molecule has 4 rings (SSSR count). The molecule has 10 heteroatoms. The first-order chi connectivity index (χ1) is 16.3. The summed E-state index contributed by atoms with van der Waals surface area (Å²) in [5, 5.41) is 6.87. The van der Waals surface area contributed by atoms with E-state index < -0.39 is 10.0 Å². The Balaban J connectivity index is 1.35. The Hall–Kier alpha value is -2.98. The molecule has 0 saturated heterocycles. The van der Waals surface area contributed by atoms with Crippen LogP contribution in [0.4, 0.5) is 5.00 Å². The Kier molecular flexibility index (Phi) is 7.18. The third-order valence-electron chi connectivity index (χ3n) is 5.36. The molecule has 1 aliphatic heterocycles. The van der Waals surface area contributed by atoms with Crippen LogP contribution in [-0.2, 0) is 34.3 Å². The fourth-order valence-electron chi connectivity index (χ4n) is 3.55. The summed E-state index contributed by atoms with van der Waals surface area (Å²) in [6.07, 6.45) is 1.85. The van der Waals surface area contributed by atoms with E-state index in [2.05, 4.69) is 17.2 Å². The van der Waals surface area contributed by atoms with Crippen molar-refractivity contribution < 1.29 is 18.0 Å². The van der Waals surface area contributed by atoms with Crippen LogP contribution in [0.2, 0.25) is 5.02 Å². The molecule has 0 spiro atoms. The van der Waals surface area contributed by atoms with Crippen LogP contribution in [0.1, 0.15) is 26.4 Å². The molecule has 0 radical (unpaired) electrons. The van der Waals surface area contributed by atoms with Crippen molar-refractivity contribution in [2.75, 3.05) is 11.9 Å². The van der Waals surface area contributed by atoms with E-state index in [9.17, 15) is 18.0 Å². The molecule has 2 aromatic carbocycles. The van der Waals surface area contributed by atoms with E-state index in [1.807, 2.05) is 12.1 Å². The van der Waals surface area contributed by atoms with Gasteiger partial charge in [-0.15, -0.1) is 11.3 Å². The number of anilines is 1. The van der Waals surface area contributed by atoms with Crippen LogP contribution in [0, 0.1) is 0 Å². The van der Waals surface area contributed by atoms with Gasteiger partial charge in [-0.05, 0) is 66.1 Å². The van der Waals surface area contributed by atoms with Crippen LogP contribution in [0.25, 0.3) is 0 Å². The zero-order valence-corrected chi connectivity index (χ0v) is 20.5. The number of fused-ring (bicyclic) bond motifs is 1. The normalized spacial score (nSPS) is 13.3. The quantitative estimate of drug-likeness (QED) is 0.439. The van der Waals surface area contributed by atoms with Crippen LogP contribution in [0.15, 0.2) is 72.1 Å². The number of hydrogen-bond acceptors (Lipinski definition) is 5. The predicted molar refractivity (Wildman–Crippen MR) is 134 cm³/mol. The van der Waals surface area contributed by atoms with Crippen molar-refractivity contribution in [2.24, 2.45) is 0 Å². The van der Waals surface area contributed by atoms with Crippen LogP contribution >= 0.6 is 22.9 Å². The molecule has 34 heavy (non-hydrogen) atoms. The molecule has 0 fully saturated rings. The minimum atomic E-state index is -3.72. The average Bonchev–Trinajstić information content (AvgIpc) is 3.39. The molecule has 0 saturated carbocycles. The van der Waals surface area contributed by atoms with E-state index in [1.165, 1.54) is 46.0 Å². The number of carbonyl (C=O) groups excluding carboxylic acids is 2. The molecule has 0 unspecified atom stereocenters. The molecule has 0 atom stereocenters. The third kappa shape index (κ3) is 5.39. The average molecular weight is 516 g/mol. The van der Waals surface area contributed by atoms with Crippen LogP contribution in [0.3, 0.4) is 0 Å². The number of nitrogens with one attached hydrogen (secondary N) is 2. The van der Waals surface area contributed by atoms with Gasteiger partial charge in [0.2, 0.25) is 15.9 Å². The first-order valence-electron chi connectivity index (χ1n) is 10.4. The molecule has 0 bridgehead atoms. The molecule has 2 N–H and O–H groups in total. The van der Waals surface area contributed by atoms with Gasteiger partial charge in [-0.3, -0.25) is 9.59 Å². The smallest absolute Gasteiger partial charge is 0.251 e. The van der Waals surface area contributed by atoms with Gasteiger partial charge in [-0.25, -0.2) is 8.42 Å². The van der Waals surface area contributed by atoms with E-state index in [0.717, 1.165) is 16.0 Å². The summed E-state index contributed by atoms with van der Waals surface area (Å²) in [7, 11) is -3.72. The number of hydrogen-bond donors (Lipinski definition) is 2. The molecule has 2 amide bonds. The van der Waals surface area contributed by atoms with Gasteiger partial charge in [-0.2, -0.15) is 4.31 Å². The van der Waals surface area contributed by atoms with Gasteiger partial charge in [-0.1, -0.05) is 30.3 Å². The summed E-state index contributed by atoms with van der Waals surface area (Å²) >= 11 is 7.22. The summed E-state index contributed by atoms with van der Waals surface area (Å²) in [6, 6.07) is 15.1. The van der Waals surface area contributed by atoms with Crippen molar-refractivity contribution >= 4 is 49.8 Å². The van der Waals surface area contributed by atoms with Gasteiger partial charge >= 0.3 is 0 Å². The van der Waals surface area contributed by atoms with Crippen molar-refractivity contribution in [3.8, 4) is 0 Å². The maximum Gasteiger partial charge on any atom is 0.251 e. The molecule has 176 valence electrons. The highest BCUT2D eigenvalue weighted by molar-refractivity contribution is 7.89. The number of amides is 2. The van der Waals surface area contributed by atoms with Gasteiger partial charge in [0.15, 0.2) is 0 Å². The monoisotopic (exact) mass is 515 g/mol. The van der Waals surface area contributed by atoms with Gasteiger partial charge < -0.3 is 10.6 Å². The molecule has 7 nitrogen and oxygen atoms in total. The Bertz CT molecular complexity index is 1310. The molecule has 1 aliphatic rings. The van der Waals surface area contributed by atoms with E-state index in [0.29, 0.717) is 28.6 Å². The molecule has 1 aromatic heterocycles. The van der Waals surface area contributed by atoms with Gasteiger partial charge in [0, 0.05) is 35.1 Å². The summed E-state index contributed by atoms with van der Waals surface area (Å²) < 4.78 is 27.5. The number of halogens is 1. The lowest BCUT2D eigenvalue weighted by Gasteiger charge is -2.16. The number of rotatable bonds is 8. The van der Waals surface area contributed by atoms with Gasteiger partial charge in [0.25, 0.3) is 5.91 Å². The standard InChI is InChI=1S/C24H22ClN3O4S2/c1-2-22(29)27-23-13-18-14-28(15-21(18)33-23)34(31,32)20-9-5-17(6-10-20)24(30)26-12-11-16-3-7-19(25)8-4-16/h2-10,13H,1,11-12,14-15H2,(H,26,30)(H,27,29). The number of carbonyl (C=O) groups is 2. The first-order valence-corrected chi connectivity index (χ1v) is 13.1. The second-order valence-electron chi connectivity index (χ2n) is 7.68. The Labute approximate surface area is 207 Å².